The quantitative estimate of drug-likeness (QED) is 0.429. The average Bonchev–Trinajstić information content (AvgIpc) is 1.35. The standard InChI is InChI=1S/C2H4O2SSe/c3-5(4)1-2-6/h1-2,6H,(H,3,4)/b2-1+. The van der Waals surface area contributed by atoms with E-state index >= 15 is 0 Å². The van der Waals surface area contributed by atoms with Crippen molar-refractivity contribution in [1.82, 2.24) is 0 Å². The summed E-state index contributed by atoms with van der Waals surface area (Å²) in [4.78, 5) is 1.46. The summed E-state index contributed by atoms with van der Waals surface area (Å²) in [7, 11) is 0. The molecule has 6 heavy (non-hydrogen) atoms. The van der Waals surface area contributed by atoms with E-state index in [1.807, 2.05) is 0 Å². The van der Waals surface area contributed by atoms with Crippen molar-refractivity contribution in [2.45, 2.75) is 0 Å². The van der Waals surface area contributed by atoms with Crippen molar-refractivity contribution in [2.75, 3.05) is 0 Å². The third-order valence-electron chi connectivity index (χ3n) is 0.177. The Morgan fingerprint density at radius 3 is 2.33 bits per heavy atom. The molecule has 0 saturated carbocycles. The molecule has 0 rings (SSSR count). The molecule has 1 unspecified atom stereocenters. The van der Waals surface area contributed by atoms with Crippen molar-refractivity contribution in [3.8, 4) is 0 Å². The van der Waals surface area contributed by atoms with E-state index in [0.29, 0.717) is 0 Å². The van der Waals surface area contributed by atoms with Gasteiger partial charge in [-0.1, -0.05) is 0 Å². The molecule has 0 bridgehead atoms. The first-order chi connectivity index (χ1) is 2.77. The molecule has 0 aromatic heterocycles. The SMILES string of the molecule is O=S(O)/C=C/[SeH]. The van der Waals surface area contributed by atoms with Gasteiger partial charge in [0.2, 0.25) is 0 Å². The Bertz CT molecular complexity index is 79.6. The van der Waals surface area contributed by atoms with E-state index in [9.17, 15) is 4.21 Å². The second-order valence-electron chi connectivity index (χ2n) is 0.561. The van der Waals surface area contributed by atoms with Crippen LogP contribution in [-0.4, -0.2) is 24.8 Å². The zero-order valence-corrected chi connectivity index (χ0v) is 5.56. The Hall–Kier alpha value is 0.369. The molecule has 0 radical (unpaired) electrons. The Balaban J connectivity index is 3.30. The molecule has 0 aromatic rings. The van der Waals surface area contributed by atoms with Crippen LogP contribution in [0.25, 0.3) is 0 Å². The molecule has 36 valence electrons. The van der Waals surface area contributed by atoms with Gasteiger partial charge in [0.1, 0.15) is 0 Å². The van der Waals surface area contributed by atoms with Crippen LogP contribution in [0.3, 0.4) is 0 Å². The van der Waals surface area contributed by atoms with Gasteiger partial charge in [0, 0.05) is 0 Å². The summed E-state index contributed by atoms with van der Waals surface area (Å²) in [6.07, 6.45) is 0. The molecule has 0 spiro atoms. The van der Waals surface area contributed by atoms with Crippen molar-refractivity contribution >= 4 is 27.1 Å². The fraction of sp³-hybridized carbons (Fsp3) is 0. The van der Waals surface area contributed by atoms with Crippen molar-refractivity contribution in [3.63, 3.8) is 0 Å². The molecule has 1 N–H and O–H groups in total. The molecule has 0 aliphatic carbocycles. The van der Waals surface area contributed by atoms with Crippen LogP contribution in [0, 0.1) is 0 Å². The average molecular weight is 171 g/mol. The topological polar surface area (TPSA) is 37.3 Å². The van der Waals surface area contributed by atoms with E-state index in [1.165, 1.54) is 10.4 Å². The summed E-state index contributed by atoms with van der Waals surface area (Å²) < 4.78 is 17.5. The van der Waals surface area contributed by atoms with E-state index < -0.39 is 11.1 Å². The molecule has 1 atom stereocenters. The molecule has 0 aliphatic heterocycles. The Kier molecular flexibility index (Phi) is 3.77. The molecule has 2 nitrogen and oxygen atoms in total. The predicted molar refractivity (Wildman–Crippen MR) is 27.1 cm³/mol. The van der Waals surface area contributed by atoms with Crippen LogP contribution in [-0.2, 0) is 11.1 Å². The molecular weight excluding hydrogens is 167 g/mol. The second kappa shape index (κ2) is 3.56. The summed E-state index contributed by atoms with van der Waals surface area (Å²) in [6.45, 7) is 0. The van der Waals surface area contributed by atoms with Crippen LogP contribution < -0.4 is 0 Å². The number of hydrogen-bond acceptors (Lipinski definition) is 1. The normalized spacial score (nSPS) is 15.7. The molecule has 0 amide bonds. The van der Waals surface area contributed by atoms with Crippen LogP contribution in [0.2, 0.25) is 0 Å². The molecule has 0 saturated heterocycles. The van der Waals surface area contributed by atoms with Crippen LogP contribution in [0.4, 0.5) is 0 Å². The van der Waals surface area contributed by atoms with Crippen molar-refractivity contribution < 1.29 is 8.76 Å². The Labute approximate surface area is 46.7 Å². The summed E-state index contributed by atoms with van der Waals surface area (Å²) in [5.74, 6) is 0. The van der Waals surface area contributed by atoms with Gasteiger partial charge >= 0.3 is 46.2 Å². The maximum atomic E-state index is 9.61. The summed E-state index contributed by atoms with van der Waals surface area (Å²) in [5.41, 5.74) is 0. The van der Waals surface area contributed by atoms with Gasteiger partial charge < -0.3 is 0 Å². The monoisotopic (exact) mass is 172 g/mol. The predicted octanol–water partition coefficient (Wildman–Crippen LogP) is -0.420. The second-order valence-corrected chi connectivity index (χ2v) is 2.01. The molecule has 0 aliphatic rings. The third-order valence-corrected chi connectivity index (χ3v) is 1.30. The van der Waals surface area contributed by atoms with Gasteiger partial charge in [-0.2, -0.15) is 0 Å². The first kappa shape index (κ1) is 6.37. The minimum absolute atomic E-state index is 1.17. The minimum atomic E-state index is -1.76. The molecular formula is C2H4O2SSe. The van der Waals surface area contributed by atoms with Gasteiger partial charge in [-0.15, -0.1) is 0 Å². The van der Waals surface area contributed by atoms with E-state index in [0.717, 1.165) is 0 Å². The molecule has 0 heterocycles. The Morgan fingerprint density at radius 2 is 2.33 bits per heavy atom. The van der Waals surface area contributed by atoms with Crippen LogP contribution in [0.5, 0.6) is 0 Å². The van der Waals surface area contributed by atoms with E-state index in [2.05, 4.69) is 16.0 Å². The van der Waals surface area contributed by atoms with Crippen molar-refractivity contribution in [2.24, 2.45) is 0 Å². The first-order valence-corrected chi connectivity index (χ1v) is 3.43. The van der Waals surface area contributed by atoms with Gasteiger partial charge in [0.15, 0.2) is 0 Å². The van der Waals surface area contributed by atoms with Gasteiger partial charge in [-0.25, -0.2) is 0 Å². The summed E-state index contributed by atoms with van der Waals surface area (Å²) >= 11 is 0.303. The Morgan fingerprint density at radius 1 is 1.83 bits per heavy atom. The van der Waals surface area contributed by atoms with E-state index in [1.54, 1.807) is 0 Å². The van der Waals surface area contributed by atoms with Gasteiger partial charge in [0.05, 0.1) is 0 Å². The number of rotatable bonds is 1. The van der Waals surface area contributed by atoms with Gasteiger partial charge in [0.25, 0.3) is 0 Å². The first-order valence-electron chi connectivity index (χ1n) is 1.18. The summed E-state index contributed by atoms with van der Waals surface area (Å²) in [6, 6.07) is 0. The van der Waals surface area contributed by atoms with Crippen LogP contribution in [0.1, 0.15) is 0 Å². The fourth-order valence-electron chi connectivity index (χ4n) is 0.0521. The molecule has 4 heteroatoms. The fourth-order valence-corrected chi connectivity index (χ4v) is 0.812. The maximum absolute atomic E-state index is 9.61. The van der Waals surface area contributed by atoms with Crippen molar-refractivity contribution in [1.29, 1.82) is 0 Å². The van der Waals surface area contributed by atoms with Gasteiger partial charge in [-0.3, -0.25) is 0 Å². The molecule has 0 fully saturated rings. The van der Waals surface area contributed by atoms with E-state index in [-0.39, 0.29) is 0 Å². The van der Waals surface area contributed by atoms with Crippen LogP contribution in [0.15, 0.2) is 10.4 Å². The number of hydrogen-bond donors (Lipinski definition) is 1. The zero-order valence-electron chi connectivity index (χ0n) is 2.87. The summed E-state index contributed by atoms with van der Waals surface area (Å²) in [5, 5.41) is 1.17. The molecule has 0 aromatic carbocycles. The van der Waals surface area contributed by atoms with Gasteiger partial charge in [-0.05, 0) is 0 Å². The van der Waals surface area contributed by atoms with Crippen molar-refractivity contribution in [3.05, 3.63) is 10.4 Å². The van der Waals surface area contributed by atoms with Crippen LogP contribution >= 0.6 is 0 Å². The zero-order chi connectivity index (χ0) is 4.99. The van der Waals surface area contributed by atoms with E-state index in [4.69, 9.17) is 4.55 Å². The third kappa shape index (κ3) is 4.37.